The first-order valence-corrected chi connectivity index (χ1v) is 16.6. The number of hydrogen-bond donors (Lipinski definition) is 2. The minimum Gasteiger partial charge on any atom is -0.492 e. The lowest BCUT2D eigenvalue weighted by Crippen LogP contribution is -2.58. The first-order valence-electron chi connectivity index (χ1n) is 15.1. The number of nitrogens with one attached hydrogen (secondary N) is 1. The maximum Gasteiger partial charge on any atom is 0.326 e. The fraction of sp³-hybridized carbons (Fsp3) is 0.441. The van der Waals surface area contributed by atoms with Crippen LogP contribution in [-0.2, 0) is 26.1 Å². The van der Waals surface area contributed by atoms with E-state index >= 15 is 0 Å². The highest BCUT2D eigenvalue weighted by molar-refractivity contribution is 7.91. The molecule has 0 saturated carbocycles. The molecule has 8 nitrogen and oxygen atoms in total. The summed E-state index contributed by atoms with van der Waals surface area (Å²) in [5.74, 6) is -0.231. The van der Waals surface area contributed by atoms with Crippen molar-refractivity contribution in [3.8, 4) is 16.9 Å². The number of carboxylic acids is 1. The molecule has 43 heavy (non-hydrogen) atoms. The van der Waals surface area contributed by atoms with Gasteiger partial charge in [0, 0.05) is 45.6 Å². The number of nitrogens with zero attached hydrogens (tertiary/aromatic N) is 1. The molecule has 0 aromatic heterocycles. The Hall–Kier alpha value is -3.24. The summed E-state index contributed by atoms with van der Waals surface area (Å²) >= 11 is 0. The van der Waals surface area contributed by atoms with Crippen molar-refractivity contribution >= 4 is 16.0 Å². The maximum absolute atomic E-state index is 13.6. The van der Waals surface area contributed by atoms with Crippen LogP contribution in [0.1, 0.15) is 55.2 Å². The lowest BCUT2D eigenvalue weighted by Gasteiger charge is -2.41. The van der Waals surface area contributed by atoms with Crippen molar-refractivity contribution in [2.75, 3.05) is 32.8 Å². The normalized spacial score (nSPS) is 21.9. The fourth-order valence-electron chi connectivity index (χ4n) is 6.35. The Balaban J connectivity index is 1.18. The Kier molecular flexibility index (Phi) is 9.86. The van der Waals surface area contributed by atoms with E-state index in [4.69, 9.17) is 9.47 Å². The molecule has 3 aromatic carbocycles. The zero-order valence-electron chi connectivity index (χ0n) is 25.0. The van der Waals surface area contributed by atoms with Gasteiger partial charge in [0.1, 0.15) is 12.4 Å². The number of aryl methyl sites for hydroxylation is 1. The maximum atomic E-state index is 13.6. The van der Waals surface area contributed by atoms with Crippen LogP contribution in [0, 0.1) is 6.92 Å². The molecular weight excluding hydrogens is 564 g/mol. The van der Waals surface area contributed by atoms with Crippen molar-refractivity contribution in [3.63, 3.8) is 0 Å². The second kappa shape index (κ2) is 13.6. The van der Waals surface area contributed by atoms with Crippen molar-refractivity contribution in [1.29, 1.82) is 0 Å². The van der Waals surface area contributed by atoms with E-state index in [-0.39, 0.29) is 25.4 Å². The second-order valence-electron chi connectivity index (χ2n) is 11.7. The molecule has 5 rings (SSSR count). The number of rotatable bonds is 11. The van der Waals surface area contributed by atoms with Crippen LogP contribution < -0.4 is 10.1 Å². The topological polar surface area (TPSA) is 105 Å². The van der Waals surface area contributed by atoms with Crippen molar-refractivity contribution in [2.24, 2.45) is 0 Å². The molecule has 2 atom stereocenters. The van der Waals surface area contributed by atoms with Gasteiger partial charge in [0.05, 0.1) is 6.10 Å². The van der Waals surface area contributed by atoms with Crippen LogP contribution in [0.2, 0.25) is 0 Å². The Morgan fingerprint density at radius 2 is 1.84 bits per heavy atom. The summed E-state index contributed by atoms with van der Waals surface area (Å²) in [5, 5.41) is 13.4. The fourth-order valence-corrected chi connectivity index (χ4v) is 8.55. The van der Waals surface area contributed by atoms with Gasteiger partial charge in [0.25, 0.3) is 0 Å². The van der Waals surface area contributed by atoms with Gasteiger partial charge in [-0.1, -0.05) is 60.7 Å². The van der Waals surface area contributed by atoms with E-state index in [1.165, 1.54) is 15.4 Å². The third-order valence-corrected chi connectivity index (χ3v) is 11.4. The third kappa shape index (κ3) is 6.96. The van der Waals surface area contributed by atoms with Crippen LogP contribution in [-0.4, -0.2) is 67.5 Å². The first kappa shape index (κ1) is 31.2. The molecule has 2 N–H and O–H groups in total. The largest absolute Gasteiger partial charge is 0.492 e. The van der Waals surface area contributed by atoms with Gasteiger partial charge in [0.2, 0.25) is 10.0 Å². The van der Waals surface area contributed by atoms with E-state index in [0.29, 0.717) is 32.5 Å². The highest BCUT2D eigenvalue weighted by Gasteiger charge is 2.56. The average molecular weight is 607 g/mol. The third-order valence-electron chi connectivity index (χ3n) is 8.79. The summed E-state index contributed by atoms with van der Waals surface area (Å²) < 4.78 is 38.3. The van der Waals surface area contributed by atoms with Gasteiger partial charge < -0.3 is 19.9 Å². The van der Waals surface area contributed by atoms with Gasteiger partial charge in [-0.05, 0) is 72.6 Å². The summed E-state index contributed by atoms with van der Waals surface area (Å²) in [6.45, 7) is 6.73. The molecule has 2 aliphatic rings. The van der Waals surface area contributed by atoms with Gasteiger partial charge >= 0.3 is 5.97 Å². The zero-order chi connectivity index (χ0) is 30.5. The number of benzene rings is 3. The SMILES string of the molecule is Cc1cc(C2CCN(S(=O)(=O)C3(C(=O)O)CCOC(C)C3)CC2)ccc1-c1cccc(OCCNCc2ccccc2)c1. The van der Waals surface area contributed by atoms with Crippen LogP contribution in [0.3, 0.4) is 0 Å². The molecular formula is C34H42N2O6S. The van der Waals surface area contributed by atoms with Crippen LogP contribution in [0.5, 0.6) is 5.75 Å². The van der Waals surface area contributed by atoms with E-state index in [1.807, 2.05) is 30.3 Å². The molecule has 0 amide bonds. The predicted octanol–water partition coefficient (Wildman–Crippen LogP) is 5.36. The molecule has 2 aliphatic heterocycles. The molecule has 2 fully saturated rings. The molecule has 9 heteroatoms. The van der Waals surface area contributed by atoms with E-state index in [2.05, 4.69) is 54.7 Å². The lowest BCUT2D eigenvalue weighted by molar-refractivity contribution is -0.144. The summed E-state index contributed by atoms with van der Waals surface area (Å²) in [4.78, 5) is 12.3. The number of carbonyl (C=O) groups is 1. The van der Waals surface area contributed by atoms with E-state index < -0.39 is 26.8 Å². The van der Waals surface area contributed by atoms with Crippen molar-refractivity contribution in [3.05, 3.63) is 89.5 Å². The Labute approximate surface area is 255 Å². The Morgan fingerprint density at radius 3 is 2.53 bits per heavy atom. The number of ether oxygens (including phenoxy) is 2. The van der Waals surface area contributed by atoms with Gasteiger partial charge in [0.15, 0.2) is 4.75 Å². The molecule has 0 spiro atoms. The lowest BCUT2D eigenvalue weighted by atomic mass is 9.87. The van der Waals surface area contributed by atoms with Crippen LogP contribution >= 0.6 is 0 Å². The van der Waals surface area contributed by atoms with Crippen LogP contribution in [0.15, 0.2) is 72.8 Å². The number of carboxylic acid groups (broad SMARTS) is 1. The van der Waals surface area contributed by atoms with Gasteiger partial charge in [-0.15, -0.1) is 0 Å². The number of piperidine rings is 1. The molecule has 0 aliphatic carbocycles. The molecule has 3 aromatic rings. The molecule has 2 heterocycles. The minimum absolute atomic E-state index is 0.0209. The number of aliphatic carboxylic acids is 1. The van der Waals surface area contributed by atoms with Crippen molar-refractivity contribution in [2.45, 2.75) is 62.8 Å². The van der Waals surface area contributed by atoms with E-state index in [0.717, 1.165) is 35.5 Å². The highest BCUT2D eigenvalue weighted by Crippen LogP contribution is 2.39. The quantitative estimate of drug-likeness (QED) is 0.283. The van der Waals surface area contributed by atoms with Gasteiger partial charge in [-0.2, -0.15) is 0 Å². The molecule has 2 saturated heterocycles. The summed E-state index contributed by atoms with van der Waals surface area (Å²) in [6, 6.07) is 24.9. The summed E-state index contributed by atoms with van der Waals surface area (Å²) in [5.41, 5.74) is 5.80. The van der Waals surface area contributed by atoms with Crippen LogP contribution in [0.25, 0.3) is 11.1 Å². The van der Waals surface area contributed by atoms with E-state index in [1.54, 1.807) is 6.92 Å². The molecule has 230 valence electrons. The van der Waals surface area contributed by atoms with Gasteiger partial charge in [-0.3, -0.25) is 4.79 Å². The number of sulfonamides is 1. The Bertz CT molecular complexity index is 1500. The standard InChI is InChI=1S/C34H42N2O6S/c1-25-21-29(28-13-17-36(18-14-28)43(39,40)34(33(37)38)15-19-41-26(2)23-34)11-12-32(25)30-9-6-10-31(22-30)42-20-16-35-24-27-7-4-3-5-8-27/h3-12,21-22,26,28,35H,13-20,23-24H2,1-2H3,(H,37,38). The second-order valence-corrected chi connectivity index (χ2v) is 14.0. The number of hydrogen-bond acceptors (Lipinski definition) is 6. The zero-order valence-corrected chi connectivity index (χ0v) is 25.8. The molecule has 0 bridgehead atoms. The first-order chi connectivity index (χ1) is 20.7. The van der Waals surface area contributed by atoms with Crippen molar-refractivity contribution in [1.82, 2.24) is 9.62 Å². The van der Waals surface area contributed by atoms with Gasteiger partial charge in [-0.25, -0.2) is 12.7 Å². The monoisotopic (exact) mass is 606 g/mol. The summed E-state index contributed by atoms with van der Waals surface area (Å²) in [6.07, 6.45) is 0.853. The molecule has 2 unspecified atom stereocenters. The van der Waals surface area contributed by atoms with E-state index in [9.17, 15) is 18.3 Å². The minimum atomic E-state index is -4.02. The predicted molar refractivity (Wildman–Crippen MR) is 168 cm³/mol. The Morgan fingerprint density at radius 1 is 1.07 bits per heavy atom. The average Bonchev–Trinajstić information content (AvgIpc) is 3.01. The smallest absolute Gasteiger partial charge is 0.326 e. The van der Waals surface area contributed by atoms with Crippen molar-refractivity contribution < 1.29 is 27.8 Å². The van der Waals surface area contributed by atoms with Crippen LogP contribution in [0.4, 0.5) is 0 Å². The summed E-state index contributed by atoms with van der Waals surface area (Å²) in [7, 11) is -4.02. The highest BCUT2D eigenvalue weighted by atomic mass is 32.2. The molecule has 0 radical (unpaired) electrons.